The van der Waals surface area contributed by atoms with Gasteiger partial charge >= 0.3 is 5.69 Å². The third-order valence-electron chi connectivity index (χ3n) is 3.19. The number of anilines is 1. The van der Waals surface area contributed by atoms with Gasteiger partial charge in [-0.25, -0.2) is 14.3 Å². The molecule has 0 spiro atoms. The predicted octanol–water partition coefficient (Wildman–Crippen LogP) is 2.54. The van der Waals surface area contributed by atoms with Crippen LogP contribution in [0, 0.1) is 0 Å². The topological polar surface area (TPSA) is 75.1 Å². The first-order valence-corrected chi connectivity index (χ1v) is 7.01. The molecule has 3 rings (SSSR count). The van der Waals surface area contributed by atoms with E-state index in [-0.39, 0.29) is 18.1 Å². The maximum Gasteiger partial charge on any atom is 0.347 e. The Morgan fingerprint density at radius 1 is 1.32 bits per heavy atom. The molecule has 3 aromatic rings. The summed E-state index contributed by atoms with van der Waals surface area (Å²) in [6.07, 6.45) is 7.04. The number of aryl methyl sites for hydroxylation is 1. The van der Waals surface area contributed by atoms with Gasteiger partial charge in [0.2, 0.25) is 0 Å². The number of aromatic amines is 1. The van der Waals surface area contributed by atoms with Crippen molar-refractivity contribution in [1.82, 2.24) is 19.6 Å². The molecule has 0 saturated carbocycles. The van der Waals surface area contributed by atoms with E-state index in [0.29, 0.717) is 10.7 Å². The van der Waals surface area contributed by atoms with E-state index >= 15 is 0 Å². The Hall–Kier alpha value is -2.05. The number of hydrogen-bond donors (Lipinski definition) is 2. The Labute approximate surface area is 137 Å². The lowest BCUT2D eigenvalue weighted by Gasteiger charge is -2.07. The summed E-state index contributed by atoms with van der Waals surface area (Å²) in [4.78, 5) is 15.5. The van der Waals surface area contributed by atoms with E-state index in [2.05, 4.69) is 20.5 Å². The van der Waals surface area contributed by atoms with E-state index in [4.69, 9.17) is 11.6 Å². The van der Waals surface area contributed by atoms with Crippen LogP contribution in [-0.4, -0.2) is 26.1 Å². The van der Waals surface area contributed by atoms with Gasteiger partial charge in [0.1, 0.15) is 0 Å². The fourth-order valence-corrected chi connectivity index (χ4v) is 2.38. The summed E-state index contributed by atoms with van der Waals surface area (Å²) in [6.45, 7) is 0.763. The molecule has 0 aliphatic rings. The molecule has 0 bridgehead atoms. The average Bonchev–Trinajstić information content (AvgIpc) is 2.86. The molecule has 3 heterocycles. The number of fused-ring (bicyclic) bond motifs is 1. The van der Waals surface area contributed by atoms with Gasteiger partial charge in [-0.1, -0.05) is 11.6 Å². The number of hydrogen-bond acceptors (Lipinski definition) is 4. The van der Waals surface area contributed by atoms with E-state index in [1.54, 1.807) is 24.7 Å². The number of H-pyrrole nitrogens is 1. The minimum absolute atomic E-state index is 0. The summed E-state index contributed by atoms with van der Waals surface area (Å²) in [5.74, 6) is 0. The second-order valence-electron chi connectivity index (χ2n) is 4.68. The SMILES string of the molecule is Cl.O=c1[nH]nc2c(NCCCc3ccncc3)cc(Cl)cn12. The highest BCUT2D eigenvalue weighted by Crippen LogP contribution is 2.19. The number of nitrogens with zero attached hydrogens (tertiary/aromatic N) is 3. The smallest absolute Gasteiger partial charge is 0.347 e. The van der Waals surface area contributed by atoms with Crippen LogP contribution in [0.5, 0.6) is 0 Å². The third-order valence-corrected chi connectivity index (χ3v) is 3.39. The summed E-state index contributed by atoms with van der Waals surface area (Å²) in [5.41, 5.74) is 2.25. The van der Waals surface area contributed by atoms with Crippen LogP contribution in [0.15, 0.2) is 41.6 Å². The van der Waals surface area contributed by atoms with Crippen molar-refractivity contribution in [1.29, 1.82) is 0 Å². The highest BCUT2D eigenvalue weighted by Gasteiger charge is 2.07. The molecule has 3 aromatic heterocycles. The Morgan fingerprint density at radius 2 is 2.09 bits per heavy atom. The molecular weight excluding hydrogens is 325 g/mol. The minimum atomic E-state index is -0.299. The van der Waals surface area contributed by atoms with E-state index < -0.39 is 0 Å². The van der Waals surface area contributed by atoms with Crippen molar-refractivity contribution in [3.05, 3.63) is 57.9 Å². The van der Waals surface area contributed by atoms with Gasteiger partial charge in [-0.15, -0.1) is 12.4 Å². The summed E-state index contributed by atoms with van der Waals surface area (Å²) in [7, 11) is 0. The molecule has 0 aromatic carbocycles. The molecule has 22 heavy (non-hydrogen) atoms. The molecule has 0 saturated heterocycles. The second kappa shape index (κ2) is 7.29. The van der Waals surface area contributed by atoms with Crippen molar-refractivity contribution in [2.75, 3.05) is 11.9 Å². The van der Waals surface area contributed by atoms with Crippen LogP contribution < -0.4 is 11.0 Å². The van der Waals surface area contributed by atoms with E-state index in [0.717, 1.165) is 25.1 Å². The Morgan fingerprint density at radius 3 is 2.86 bits per heavy atom. The standard InChI is InChI=1S/C14H14ClN5O.ClH/c15-11-8-12(13-18-19-14(21)20(13)9-11)17-5-1-2-10-3-6-16-7-4-10;/h3-4,6-9,17H,1-2,5H2,(H,19,21);1H. The highest BCUT2D eigenvalue weighted by molar-refractivity contribution is 6.30. The van der Waals surface area contributed by atoms with E-state index in [1.807, 2.05) is 12.1 Å². The van der Waals surface area contributed by atoms with Crippen LogP contribution in [0.4, 0.5) is 5.69 Å². The number of aromatic nitrogens is 4. The first-order valence-electron chi connectivity index (χ1n) is 6.63. The average molecular weight is 340 g/mol. The van der Waals surface area contributed by atoms with Gasteiger partial charge < -0.3 is 5.32 Å². The van der Waals surface area contributed by atoms with Gasteiger partial charge in [-0.3, -0.25) is 4.98 Å². The molecule has 0 aliphatic heterocycles. The monoisotopic (exact) mass is 339 g/mol. The van der Waals surface area contributed by atoms with Crippen molar-refractivity contribution in [2.24, 2.45) is 0 Å². The first-order chi connectivity index (χ1) is 10.2. The zero-order valence-corrected chi connectivity index (χ0v) is 13.2. The maximum atomic E-state index is 11.6. The lowest BCUT2D eigenvalue weighted by molar-refractivity contribution is 0.860. The molecular formula is C14H15Cl2N5O. The zero-order valence-electron chi connectivity index (χ0n) is 11.6. The molecule has 6 nitrogen and oxygen atoms in total. The summed E-state index contributed by atoms with van der Waals surface area (Å²) >= 11 is 6.01. The van der Waals surface area contributed by atoms with Crippen LogP contribution in [-0.2, 0) is 6.42 Å². The van der Waals surface area contributed by atoms with Crippen molar-refractivity contribution >= 4 is 35.3 Å². The number of rotatable bonds is 5. The van der Waals surface area contributed by atoms with Crippen molar-refractivity contribution in [3.8, 4) is 0 Å². The second-order valence-corrected chi connectivity index (χ2v) is 5.12. The minimum Gasteiger partial charge on any atom is -0.382 e. The van der Waals surface area contributed by atoms with Gasteiger partial charge in [0.15, 0.2) is 5.65 Å². The largest absolute Gasteiger partial charge is 0.382 e. The highest BCUT2D eigenvalue weighted by atomic mass is 35.5. The van der Waals surface area contributed by atoms with Crippen molar-refractivity contribution < 1.29 is 0 Å². The molecule has 116 valence electrons. The first kappa shape index (κ1) is 16.3. The van der Waals surface area contributed by atoms with Gasteiger partial charge in [0.05, 0.1) is 10.7 Å². The van der Waals surface area contributed by atoms with E-state index in [1.165, 1.54) is 9.96 Å². The van der Waals surface area contributed by atoms with Crippen molar-refractivity contribution in [2.45, 2.75) is 12.8 Å². The van der Waals surface area contributed by atoms with Gasteiger partial charge in [-0.05, 0) is 36.6 Å². The normalized spacial score (nSPS) is 10.4. The molecule has 0 fully saturated rings. The summed E-state index contributed by atoms with van der Waals surface area (Å²) in [6, 6.07) is 5.78. The van der Waals surface area contributed by atoms with Crippen molar-refractivity contribution in [3.63, 3.8) is 0 Å². The Kier molecular flexibility index (Phi) is 5.41. The molecule has 0 radical (unpaired) electrons. The molecule has 0 aliphatic carbocycles. The quantitative estimate of drug-likeness (QED) is 0.700. The van der Waals surface area contributed by atoms with Crippen LogP contribution in [0.1, 0.15) is 12.0 Å². The lowest BCUT2D eigenvalue weighted by atomic mass is 10.1. The molecule has 0 amide bonds. The third kappa shape index (κ3) is 3.58. The predicted molar refractivity (Wildman–Crippen MR) is 89.1 cm³/mol. The van der Waals surface area contributed by atoms with Crippen LogP contribution in [0.25, 0.3) is 5.65 Å². The fraction of sp³-hybridized carbons (Fsp3) is 0.214. The lowest BCUT2D eigenvalue weighted by Crippen LogP contribution is -2.10. The van der Waals surface area contributed by atoms with Gasteiger partial charge in [0, 0.05) is 25.1 Å². The molecule has 2 N–H and O–H groups in total. The molecule has 0 unspecified atom stereocenters. The van der Waals surface area contributed by atoms with Crippen LogP contribution in [0.3, 0.4) is 0 Å². The fourth-order valence-electron chi connectivity index (χ4n) is 2.17. The summed E-state index contributed by atoms with van der Waals surface area (Å²) in [5, 5.41) is 10.2. The van der Waals surface area contributed by atoms with Gasteiger partial charge in [-0.2, -0.15) is 5.10 Å². The molecule has 0 atom stereocenters. The number of pyridine rings is 2. The number of nitrogens with one attached hydrogen (secondary N) is 2. The Bertz CT molecular complexity index is 800. The maximum absolute atomic E-state index is 11.6. The van der Waals surface area contributed by atoms with E-state index in [9.17, 15) is 4.79 Å². The zero-order chi connectivity index (χ0) is 14.7. The molecule has 8 heteroatoms. The van der Waals surface area contributed by atoms with Crippen LogP contribution >= 0.6 is 24.0 Å². The summed E-state index contributed by atoms with van der Waals surface area (Å²) < 4.78 is 1.40. The number of halogens is 2. The van der Waals surface area contributed by atoms with Crippen LogP contribution in [0.2, 0.25) is 5.02 Å². The van der Waals surface area contributed by atoms with Gasteiger partial charge in [0.25, 0.3) is 0 Å². The Balaban J connectivity index is 0.00000176.